The van der Waals surface area contributed by atoms with Crippen LogP contribution in [0.1, 0.15) is 25.3 Å². The average molecular weight is 250 g/mol. The van der Waals surface area contributed by atoms with E-state index in [4.69, 9.17) is 0 Å². The Morgan fingerprint density at radius 2 is 2.22 bits per heavy atom. The van der Waals surface area contributed by atoms with Gasteiger partial charge < -0.3 is 10.0 Å². The van der Waals surface area contributed by atoms with Gasteiger partial charge in [0, 0.05) is 19.2 Å². The number of benzene rings is 1. The largest absolute Gasteiger partial charge is 0.388 e. The zero-order valence-electron chi connectivity index (χ0n) is 10.7. The van der Waals surface area contributed by atoms with Crippen LogP contribution < -0.4 is 4.90 Å². The van der Waals surface area contributed by atoms with E-state index in [-0.39, 0.29) is 10.6 Å². The maximum atomic E-state index is 11.1. The van der Waals surface area contributed by atoms with Crippen LogP contribution in [0.5, 0.6) is 0 Å². The zero-order chi connectivity index (χ0) is 13.3. The fourth-order valence-corrected chi connectivity index (χ4v) is 2.47. The van der Waals surface area contributed by atoms with Crippen molar-refractivity contribution in [2.24, 2.45) is 0 Å². The van der Waals surface area contributed by atoms with E-state index in [1.165, 1.54) is 0 Å². The van der Waals surface area contributed by atoms with Crippen molar-refractivity contribution in [1.82, 2.24) is 0 Å². The number of rotatable bonds is 2. The van der Waals surface area contributed by atoms with Crippen molar-refractivity contribution >= 4 is 11.4 Å². The van der Waals surface area contributed by atoms with E-state index in [0.717, 1.165) is 24.9 Å². The Hall–Kier alpha value is -1.62. The first kappa shape index (κ1) is 12.8. The highest BCUT2D eigenvalue weighted by atomic mass is 16.6. The van der Waals surface area contributed by atoms with Gasteiger partial charge in [0.05, 0.1) is 10.5 Å². The molecular weight excluding hydrogens is 232 g/mol. The third-order valence-electron chi connectivity index (χ3n) is 3.34. The number of anilines is 1. The van der Waals surface area contributed by atoms with Crippen molar-refractivity contribution in [1.29, 1.82) is 0 Å². The molecule has 2 rings (SSSR count). The number of aliphatic hydroxyl groups is 1. The van der Waals surface area contributed by atoms with Crippen LogP contribution in [0.15, 0.2) is 18.2 Å². The van der Waals surface area contributed by atoms with Gasteiger partial charge in [-0.25, -0.2) is 0 Å². The number of nitro benzene ring substituents is 1. The zero-order valence-corrected chi connectivity index (χ0v) is 10.7. The van der Waals surface area contributed by atoms with Crippen LogP contribution in [0.3, 0.4) is 0 Å². The van der Waals surface area contributed by atoms with Crippen molar-refractivity contribution in [3.05, 3.63) is 33.9 Å². The average Bonchev–Trinajstić information content (AvgIpc) is 2.27. The van der Waals surface area contributed by atoms with Crippen LogP contribution in [-0.2, 0) is 0 Å². The fourth-order valence-electron chi connectivity index (χ4n) is 2.47. The molecule has 5 heteroatoms. The van der Waals surface area contributed by atoms with E-state index in [9.17, 15) is 15.2 Å². The van der Waals surface area contributed by atoms with E-state index >= 15 is 0 Å². The molecule has 0 amide bonds. The smallest absolute Gasteiger partial charge is 0.292 e. The number of hydrogen-bond donors (Lipinski definition) is 1. The molecule has 18 heavy (non-hydrogen) atoms. The molecule has 0 spiro atoms. The van der Waals surface area contributed by atoms with Gasteiger partial charge in [-0.3, -0.25) is 10.1 Å². The number of piperidine rings is 1. The Balaban J connectivity index is 2.35. The van der Waals surface area contributed by atoms with Gasteiger partial charge in [-0.2, -0.15) is 0 Å². The van der Waals surface area contributed by atoms with Gasteiger partial charge in [0.25, 0.3) is 5.69 Å². The van der Waals surface area contributed by atoms with E-state index in [1.54, 1.807) is 19.1 Å². The summed E-state index contributed by atoms with van der Waals surface area (Å²) < 4.78 is 0. The van der Waals surface area contributed by atoms with E-state index in [0.29, 0.717) is 12.2 Å². The van der Waals surface area contributed by atoms with Crippen molar-refractivity contribution in [2.45, 2.75) is 32.3 Å². The van der Waals surface area contributed by atoms with Crippen LogP contribution in [0.25, 0.3) is 0 Å². The number of nitro groups is 1. The Kier molecular flexibility index (Phi) is 3.26. The third-order valence-corrected chi connectivity index (χ3v) is 3.34. The summed E-state index contributed by atoms with van der Waals surface area (Å²) >= 11 is 0. The lowest BCUT2D eigenvalue weighted by Gasteiger charge is -2.37. The van der Waals surface area contributed by atoms with Gasteiger partial charge in [-0.1, -0.05) is 6.07 Å². The summed E-state index contributed by atoms with van der Waals surface area (Å²) in [6, 6.07) is 5.22. The number of hydrogen-bond acceptors (Lipinski definition) is 4. The Labute approximate surface area is 106 Å². The molecule has 1 aliphatic rings. The van der Waals surface area contributed by atoms with Gasteiger partial charge in [0.1, 0.15) is 5.69 Å². The highest BCUT2D eigenvalue weighted by molar-refractivity contribution is 5.64. The molecule has 1 fully saturated rings. The summed E-state index contributed by atoms with van der Waals surface area (Å²) in [4.78, 5) is 12.6. The summed E-state index contributed by atoms with van der Waals surface area (Å²) in [5.74, 6) is 0. The molecule has 0 radical (unpaired) electrons. The Bertz CT molecular complexity index is 471. The number of aryl methyl sites for hydroxylation is 1. The van der Waals surface area contributed by atoms with Crippen LogP contribution in [-0.4, -0.2) is 28.7 Å². The van der Waals surface area contributed by atoms with Crippen LogP contribution in [0.2, 0.25) is 0 Å². The lowest BCUT2D eigenvalue weighted by molar-refractivity contribution is -0.384. The lowest BCUT2D eigenvalue weighted by Crippen LogP contribution is -2.46. The summed E-state index contributed by atoms with van der Waals surface area (Å²) in [7, 11) is 0. The predicted molar refractivity (Wildman–Crippen MR) is 69.9 cm³/mol. The molecule has 1 unspecified atom stereocenters. The molecule has 1 heterocycles. The van der Waals surface area contributed by atoms with Gasteiger partial charge in [-0.15, -0.1) is 0 Å². The topological polar surface area (TPSA) is 66.6 Å². The highest BCUT2D eigenvalue weighted by Gasteiger charge is 2.31. The van der Waals surface area contributed by atoms with E-state index < -0.39 is 5.60 Å². The summed E-state index contributed by atoms with van der Waals surface area (Å²) in [6.45, 7) is 4.80. The predicted octanol–water partition coefficient (Wildman–Crippen LogP) is 2.25. The minimum absolute atomic E-state index is 0.118. The number of β-amino-alcohol motifs (C(OH)–C–C–N with tert-alkyl or cyclic N) is 1. The molecule has 98 valence electrons. The van der Waals surface area contributed by atoms with Crippen LogP contribution in [0, 0.1) is 17.0 Å². The summed E-state index contributed by atoms with van der Waals surface area (Å²) in [6.07, 6.45) is 1.58. The van der Waals surface area contributed by atoms with Gasteiger partial charge in [0.2, 0.25) is 0 Å². The van der Waals surface area contributed by atoms with Crippen LogP contribution in [0.4, 0.5) is 11.4 Å². The molecule has 5 nitrogen and oxygen atoms in total. The molecule has 0 aliphatic carbocycles. The molecule has 1 aromatic carbocycles. The molecule has 0 saturated carbocycles. The molecule has 0 bridgehead atoms. The monoisotopic (exact) mass is 250 g/mol. The number of nitrogens with zero attached hydrogens (tertiary/aromatic N) is 2. The molecule has 1 saturated heterocycles. The first-order valence-corrected chi connectivity index (χ1v) is 6.11. The standard InChI is InChI=1S/C13H18N2O3/c1-10-4-5-11(12(8-10)15(17)18)14-7-3-6-13(2,16)9-14/h4-5,8,16H,3,6-7,9H2,1-2H3. The summed E-state index contributed by atoms with van der Waals surface area (Å²) in [5.41, 5.74) is 0.823. The molecule has 0 aromatic heterocycles. The van der Waals surface area contributed by atoms with Crippen molar-refractivity contribution in [2.75, 3.05) is 18.0 Å². The minimum Gasteiger partial charge on any atom is -0.388 e. The second-order valence-electron chi connectivity index (χ2n) is 5.27. The van der Waals surface area contributed by atoms with E-state index in [2.05, 4.69) is 0 Å². The van der Waals surface area contributed by atoms with Crippen molar-refractivity contribution in [3.8, 4) is 0 Å². The molecule has 1 N–H and O–H groups in total. The third kappa shape index (κ3) is 2.61. The maximum absolute atomic E-state index is 11.1. The molecule has 1 aromatic rings. The second kappa shape index (κ2) is 4.57. The van der Waals surface area contributed by atoms with Crippen molar-refractivity contribution in [3.63, 3.8) is 0 Å². The fraction of sp³-hybridized carbons (Fsp3) is 0.538. The van der Waals surface area contributed by atoms with Crippen molar-refractivity contribution < 1.29 is 10.0 Å². The van der Waals surface area contributed by atoms with E-state index in [1.807, 2.05) is 17.9 Å². The highest BCUT2D eigenvalue weighted by Crippen LogP contribution is 2.33. The van der Waals surface area contributed by atoms with Gasteiger partial charge in [-0.05, 0) is 38.3 Å². The summed E-state index contributed by atoms with van der Waals surface area (Å²) in [5, 5.41) is 21.2. The van der Waals surface area contributed by atoms with Crippen LogP contribution >= 0.6 is 0 Å². The van der Waals surface area contributed by atoms with Gasteiger partial charge >= 0.3 is 0 Å². The normalized spacial score (nSPS) is 24.1. The second-order valence-corrected chi connectivity index (χ2v) is 5.27. The lowest BCUT2D eigenvalue weighted by atomic mass is 9.94. The quantitative estimate of drug-likeness (QED) is 0.645. The first-order chi connectivity index (χ1) is 8.39. The Morgan fingerprint density at radius 1 is 1.50 bits per heavy atom. The molecule has 1 aliphatic heterocycles. The Morgan fingerprint density at radius 3 is 2.83 bits per heavy atom. The first-order valence-electron chi connectivity index (χ1n) is 6.11. The maximum Gasteiger partial charge on any atom is 0.292 e. The molecular formula is C13H18N2O3. The minimum atomic E-state index is -0.767. The molecule has 1 atom stereocenters. The van der Waals surface area contributed by atoms with Gasteiger partial charge in [0.15, 0.2) is 0 Å². The SMILES string of the molecule is Cc1ccc(N2CCCC(C)(O)C2)c([N+](=O)[O-])c1.